The lowest BCUT2D eigenvalue weighted by Gasteiger charge is -2.08. The van der Waals surface area contributed by atoms with Crippen LogP contribution in [0.3, 0.4) is 0 Å². The molecule has 0 unspecified atom stereocenters. The average Bonchev–Trinajstić information content (AvgIpc) is 3.15. The molecular weight excluding hydrogens is 308 g/mol. The van der Waals surface area contributed by atoms with E-state index in [2.05, 4.69) is 10.3 Å². The van der Waals surface area contributed by atoms with Crippen molar-refractivity contribution in [3.63, 3.8) is 0 Å². The van der Waals surface area contributed by atoms with E-state index < -0.39 is 0 Å². The Hall–Kier alpha value is -3.02. The van der Waals surface area contributed by atoms with Gasteiger partial charge in [-0.3, -0.25) is 0 Å². The predicted octanol–water partition coefficient (Wildman–Crippen LogP) is 4.04. The topological polar surface area (TPSA) is 70.5 Å². The van der Waals surface area contributed by atoms with Crippen molar-refractivity contribution in [1.82, 2.24) is 10.3 Å². The smallest absolute Gasteiger partial charge is 0.170 e. The molecule has 0 fully saturated rings. The first-order valence-corrected chi connectivity index (χ1v) is 7.68. The average molecular weight is 324 g/mol. The molecule has 6 heteroatoms. The number of fused-ring (bicyclic) bond motifs is 2. The van der Waals surface area contributed by atoms with Gasteiger partial charge in [0.2, 0.25) is 0 Å². The fourth-order valence-electron chi connectivity index (χ4n) is 2.59. The molecule has 122 valence electrons. The van der Waals surface area contributed by atoms with Gasteiger partial charge in [-0.1, -0.05) is 10.3 Å². The van der Waals surface area contributed by atoms with Crippen LogP contribution in [0.15, 0.2) is 45.4 Å². The quantitative estimate of drug-likeness (QED) is 0.516. The molecule has 4 rings (SSSR count). The Labute approximate surface area is 137 Å². The van der Waals surface area contributed by atoms with E-state index in [0.717, 1.165) is 44.8 Å². The predicted molar refractivity (Wildman–Crippen MR) is 88.5 cm³/mol. The molecule has 4 aromatic rings. The number of hydrogen-bond donors (Lipinski definition) is 0. The minimum Gasteiger partial charge on any atom is -0.490 e. The zero-order valence-corrected chi connectivity index (χ0v) is 13.4. The van der Waals surface area contributed by atoms with Crippen molar-refractivity contribution >= 4 is 21.9 Å². The van der Waals surface area contributed by atoms with Crippen LogP contribution in [0.1, 0.15) is 11.4 Å². The SMILES string of the molecule is Cc1noc2cc(OCCOc3ccc4c(C)noc4c3)ccc12. The zero-order chi connectivity index (χ0) is 16.5. The van der Waals surface area contributed by atoms with Crippen molar-refractivity contribution in [2.24, 2.45) is 0 Å². The normalized spacial score (nSPS) is 11.2. The van der Waals surface area contributed by atoms with Gasteiger partial charge in [-0.25, -0.2) is 0 Å². The summed E-state index contributed by atoms with van der Waals surface area (Å²) in [6, 6.07) is 11.3. The van der Waals surface area contributed by atoms with E-state index in [1.165, 1.54) is 0 Å². The van der Waals surface area contributed by atoms with Crippen LogP contribution in [-0.2, 0) is 0 Å². The van der Waals surface area contributed by atoms with Gasteiger partial charge in [0.25, 0.3) is 0 Å². The molecule has 0 saturated heterocycles. The molecular formula is C18H16N2O4. The first-order chi connectivity index (χ1) is 11.7. The molecule has 0 aliphatic rings. The molecule has 24 heavy (non-hydrogen) atoms. The van der Waals surface area contributed by atoms with Crippen molar-refractivity contribution in [1.29, 1.82) is 0 Å². The minimum absolute atomic E-state index is 0.423. The first kappa shape index (κ1) is 14.6. The van der Waals surface area contributed by atoms with Crippen LogP contribution < -0.4 is 9.47 Å². The van der Waals surface area contributed by atoms with Crippen molar-refractivity contribution in [2.75, 3.05) is 13.2 Å². The van der Waals surface area contributed by atoms with Gasteiger partial charge in [-0.15, -0.1) is 0 Å². The lowest BCUT2D eigenvalue weighted by Crippen LogP contribution is -2.08. The van der Waals surface area contributed by atoms with E-state index >= 15 is 0 Å². The molecule has 2 aromatic heterocycles. The second-order valence-electron chi connectivity index (χ2n) is 5.55. The summed E-state index contributed by atoms with van der Waals surface area (Å²) in [6.07, 6.45) is 0. The summed E-state index contributed by atoms with van der Waals surface area (Å²) in [5.74, 6) is 1.45. The van der Waals surface area contributed by atoms with Crippen LogP contribution in [0, 0.1) is 13.8 Å². The van der Waals surface area contributed by atoms with Crippen molar-refractivity contribution in [2.45, 2.75) is 13.8 Å². The fraction of sp³-hybridized carbons (Fsp3) is 0.222. The Morgan fingerprint density at radius 1 is 0.750 bits per heavy atom. The van der Waals surface area contributed by atoms with Gasteiger partial charge in [0.05, 0.1) is 11.4 Å². The summed E-state index contributed by atoms with van der Waals surface area (Å²) in [6.45, 7) is 4.67. The Balaban J connectivity index is 1.35. The Morgan fingerprint density at radius 3 is 1.67 bits per heavy atom. The molecule has 0 amide bonds. The standard InChI is InChI=1S/C18H16N2O4/c1-11-15-5-3-13(9-17(15)23-19-11)21-7-8-22-14-4-6-16-12(2)20-24-18(16)10-14/h3-6,9-10H,7-8H2,1-2H3. The summed E-state index contributed by atoms with van der Waals surface area (Å²) >= 11 is 0. The summed E-state index contributed by atoms with van der Waals surface area (Å²) < 4.78 is 21.8. The van der Waals surface area contributed by atoms with Crippen LogP contribution in [0.5, 0.6) is 11.5 Å². The summed E-state index contributed by atoms with van der Waals surface area (Å²) in [4.78, 5) is 0. The number of ether oxygens (including phenoxy) is 2. The van der Waals surface area contributed by atoms with Gasteiger partial charge >= 0.3 is 0 Å². The van der Waals surface area contributed by atoms with Crippen molar-refractivity contribution < 1.29 is 18.5 Å². The van der Waals surface area contributed by atoms with Crippen LogP contribution in [-0.4, -0.2) is 23.5 Å². The molecule has 0 atom stereocenters. The third-order valence-electron chi connectivity index (χ3n) is 3.87. The maximum Gasteiger partial charge on any atom is 0.170 e. The van der Waals surface area contributed by atoms with Crippen molar-refractivity contribution in [3.8, 4) is 11.5 Å². The fourth-order valence-corrected chi connectivity index (χ4v) is 2.59. The largest absolute Gasteiger partial charge is 0.490 e. The molecule has 0 N–H and O–H groups in total. The maximum atomic E-state index is 5.69. The van der Waals surface area contributed by atoms with Gasteiger partial charge in [-0.05, 0) is 38.1 Å². The van der Waals surface area contributed by atoms with E-state index in [1.54, 1.807) is 0 Å². The van der Waals surface area contributed by atoms with Gasteiger partial charge in [0.15, 0.2) is 11.2 Å². The zero-order valence-electron chi connectivity index (χ0n) is 13.4. The number of aromatic nitrogens is 2. The maximum absolute atomic E-state index is 5.69. The van der Waals surface area contributed by atoms with Crippen molar-refractivity contribution in [3.05, 3.63) is 47.8 Å². The van der Waals surface area contributed by atoms with Gasteiger partial charge in [0.1, 0.15) is 24.7 Å². The molecule has 0 aliphatic carbocycles. The number of rotatable bonds is 5. The third kappa shape index (κ3) is 2.67. The molecule has 0 radical (unpaired) electrons. The van der Waals surface area contributed by atoms with Gasteiger partial charge in [-0.2, -0.15) is 0 Å². The third-order valence-corrected chi connectivity index (χ3v) is 3.87. The number of benzene rings is 2. The second-order valence-corrected chi connectivity index (χ2v) is 5.55. The Bertz CT molecular complexity index is 921. The molecule has 6 nitrogen and oxygen atoms in total. The second kappa shape index (κ2) is 5.88. The minimum atomic E-state index is 0.423. The van der Waals surface area contributed by atoms with Crippen LogP contribution in [0.25, 0.3) is 21.9 Å². The van der Waals surface area contributed by atoms with Crippen LogP contribution >= 0.6 is 0 Å². The molecule has 0 spiro atoms. The van der Waals surface area contributed by atoms with E-state index in [-0.39, 0.29) is 0 Å². The molecule has 0 saturated carbocycles. The molecule has 0 bridgehead atoms. The van der Waals surface area contributed by atoms with Gasteiger partial charge < -0.3 is 18.5 Å². The number of nitrogens with zero attached hydrogens (tertiary/aromatic N) is 2. The number of aryl methyl sites for hydroxylation is 2. The Morgan fingerprint density at radius 2 is 1.21 bits per heavy atom. The highest BCUT2D eigenvalue weighted by molar-refractivity contribution is 5.81. The summed E-state index contributed by atoms with van der Waals surface area (Å²) in [5, 5.41) is 9.85. The lowest BCUT2D eigenvalue weighted by molar-refractivity contribution is 0.217. The highest BCUT2D eigenvalue weighted by Gasteiger charge is 2.07. The van der Waals surface area contributed by atoms with E-state index in [4.69, 9.17) is 18.5 Å². The van der Waals surface area contributed by atoms with Crippen LogP contribution in [0.4, 0.5) is 0 Å². The highest BCUT2D eigenvalue weighted by atomic mass is 16.5. The van der Waals surface area contributed by atoms with Gasteiger partial charge in [0, 0.05) is 22.9 Å². The number of hydrogen-bond acceptors (Lipinski definition) is 6. The first-order valence-electron chi connectivity index (χ1n) is 7.68. The lowest BCUT2D eigenvalue weighted by atomic mass is 10.2. The monoisotopic (exact) mass is 324 g/mol. The molecule has 2 heterocycles. The molecule has 2 aromatic carbocycles. The summed E-state index contributed by atoms with van der Waals surface area (Å²) in [7, 11) is 0. The molecule has 0 aliphatic heterocycles. The highest BCUT2D eigenvalue weighted by Crippen LogP contribution is 2.24. The van der Waals surface area contributed by atoms with E-state index in [1.807, 2.05) is 50.2 Å². The Kier molecular flexibility index (Phi) is 3.57. The van der Waals surface area contributed by atoms with E-state index in [0.29, 0.717) is 13.2 Å². The van der Waals surface area contributed by atoms with E-state index in [9.17, 15) is 0 Å². The summed E-state index contributed by atoms with van der Waals surface area (Å²) in [5.41, 5.74) is 3.19. The van der Waals surface area contributed by atoms with Crippen LogP contribution in [0.2, 0.25) is 0 Å².